The fraction of sp³-hybridized carbons (Fsp3) is 0.500. The van der Waals surface area contributed by atoms with Gasteiger partial charge < -0.3 is 15.0 Å². The number of nitrogens with zero attached hydrogens (tertiary/aromatic N) is 1. The maximum absolute atomic E-state index is 5.67. The summed E-state index contributed by atoms with van der Waals surface area (Å²) >= 11 is 0. The lowest BCUT2D eigenvalue weighted by Crippen LogP contribution is -2.19. The van der Waals surface area contributed by atoms with Gasteiger partial charge in [0.15, 0.2) is 0 Å². The minimum atomic E-state index is 0.749. The number of hydrogen-bond acceptors (Lipinski definition) is 3. The van der Waals surface area contributed by atoms with Crippen LogP contribution in [0, 0.1) is 0 Å². The van der Waals surface area contributed by atoms with Crippen molar-refractivity contribution in [3.8, 4) is 5.75 Å². The number of rotatable bonds is 4. The number of likely N-dealkylation sites (N-methyl/N-ethyl adjacent to an activating group) is 1. The van der Waals surface area contributed by atoms with Gasteiger partial charge in [0.1, 0.15) is 12.4 Å². The molecule has 0 aromatic heterocycles. The van der Waals surface area contributed by atoms with Crippen LogP contribution in [0.1, 0.15) is 11.1 Å². The van der Waals surface area contributed by atoms with Crippen LogP contribution in [-0.2, 0) is 13.1 Å². The largest absolute Gasteiger partial charge is 0.492 e. The van der Waals surface area contributed by atoms with Gasteiger partial charge in [-0.25, -0.2) is 0 Å². The number of hydrogen-bond donors (Lipinski definition) is 1. The maximum Gasteiger partial charge on any atom is 0.119 e. The molecule has 0 radical (unpaired) electrons. The zero-order valence-corrected chi connectivity index (χ0v) is 9.42. The van der Waals surface area contributed by atoms with Gasteiger partial charge in [-0.2, -0.15) is 0 Å². The van der Waals surface area contributed by atoms with Gasteiger partial charge in [0.25, 0.3) is 0 Å². The van der Waals surface area contributed by atoms with Crippen molar-refractivity contribution in [2.45, 2.75) is 13.1 Å². The van der Waals surface area contributed by atoms with Crippen LogP contribution in [0.3, 0.4) is 0 Å². The van der Waals surface area contributed by atoms with Crippen LogP contribution in [0.5, 0.6) is 5.75 Å². The smallest absolute Gasteiger partial charge is 0.119 e. The first-order chi connectivity index (χ1) is 7.25. The van der Waals surface area contributed by atoms with E-state index < -0.39 is 0 Å². The lowest BCUT2D eigenvalue weighted by Gasteiger charge is -2.11. The standard InChI is InChI=1S/C12H18N2O/c1-14(2)5-6-15-12-4-3-10-8-13-9-11(10)7-12/h3-4,7,13H,5-6,8-9H2,1-2H3. The third kappa shape index (κ3) is 2.70. The predicted molar refractivity (Wildman–Crippen MR) is 61.0 cm³/mol. The molecule has 1 aromatic rings. The molecule has 1 aliphatic heterocycles. The van der Waals surface area contributed by atoms with Crippen molar-refractivity contribution in [2.75, 3.05) is 27.2 Å². The van der Waals surface area contributed by atoms with Gasteiger partial charge in [-0.1, -0.05) is 6.07 Å². The van der Waals surface area contributed by atoms with Crippen molar-refractivity contribution in [1.82, 2.24) is 10.2 Å². The van der Waals surface area contributed by atoms with Crippen molar-refractivity contribution < 1.29 is 4.74 Å². The minimum absolute atomic E-state index is 0.749. The third-order valence-corrected chi connectivity index (χ3v) is 2.62. The molecule has 2 rings (SSSR count). The van der Waals surface area contributed by atoms with Crippen molar-refractivity contribution in [1.29, 1.82) is 0 Å². The van der Waals surface area contributed by atoms with Crippen molar-refractivity contribution in [3.05, 3.63) is 29.3 Å². The molecular weight excluding hydrogens is 188 g/mol. The molecule has 0 saturated heterocycles. The summed E-state index contributed by atoms with van der Waals surface area (Å²) in [6.45, 7) is 3.67. The van der Waals surface area contributed by atoms with E-state index in [1.54, 1.807) is 0 Å². The Morgan fingerprint density at radius 2 is 2.07 bits per heavy atom. The monoisotopic (exact) mass is 206 g/mol. The topological polar surface area (TPSA) is 24.5 Å². The van der Waals surface area contributed by atoms with Gasteiger partial charge in [-0.05, 0) is 37.4 Å². The molecule has 1 N–H and O–H groups in total. The minimum Gasteiger partial charge on any atom is -0.492 e. The van der Waals surface area contributed by atoms with Crippen LogP contribution in [0.2, 0.25) is 0 Å². The first kappa shape index (κ1) is 10.5. The van der Waals surface area contributed by atoms with Gasteiger partial charge >= 0.3 is 0 Å². The van der Waals surface area contributed by atoms with Crippen LogP contribution in [-0.4, -0.2) is 32.1 Å². The molecule has 0 fully saturated rings. The van der Waals surface area contributed by atoms with Gasteiger partial charge in [0.05, 0.1) is 0 Å². The van der Waals surface area contributed by atoms with E-state index in [0.717, 1.165) is 32.0 Å². The molecule has 1 aliphatic rings. The van der Waals surface area contributed by atoms with Crippen molar-refractivity contribution in [2.24, 2.45) is 0 Å². The summed E-state index contributed by atoms with van der Waals surface area (Å²) < 4.78 is 5.67. The third-order valence-electron chi connectivity index (χ3n) is 2.62. The van der Waals surface area contributed by atoms with Crippen LogP contribution >= 0.6 is 0 Å². The Labute approximate surface area is 91.0 Å². The average Bonchev–Trinajstić information content (AvgIpc) is 2.64. The Kier molecular flexibility index (Phi) is 3.23. The van der Waals surface area contributed by atoms with E-state index in [9.17, 15) is 0 Å². The van der Waals surface area contributed by atoms with Crippen LogP contribution in [0.15, 0.2) is 18.2 Å². The van der Waals surface area contributed by atoms with Crippen molar-refractivity contribution >= 4 is 0 Å². The highest BCUT2D eigenvalue weighted by Crippen LogP contribution is 2.21. The van der Waals surface area contributed by atoms with E-state index in [2.05, 4.69) is 42.5 Å². The molecule has 3 heteroatoms. The van der Waals surface area contributed by atoms with Gasteiger partial charge in [-0.3, -0.25) is 0 Å². The summed E-state index contributed by atoms with van der Waals surface area (Å²) in [7, 11) is 4.10. The Hall–Kier alpha value is -1.06. The Morgan fingerprint density at radius 1 is 1.27 bits per heavy atom. The average molecular weight is 206 g/mol. The van der Waals surface area contributed by atoms with E-state index >= 15 is 0 Å². The quantitative estimate of drug-likeness (QED) is 0.802. The summed E-state index contributed by atoms with van der Waals surface area (Å²) in [6.07, 6.45) is 0. The summed E-state index contributed by atoms with van der Waals surface area (Å²) in [5, 5.41) is 3.33. The van der Waals surface area contributed by atoms with Crippen molar-refractivity contribution in [3.63, 3.8) is 0 Å². The second-order valence-corrected chi connectivity index (χ2v) is 4.19. The molecule has 0 unspecified atom stereocenters. The SMILES string of the molecule is CN(C)CCOc1ccc2c(c1)CNC2. The fourth-order valence-electron chi connectivity index (χ4n) is 1.71. The van der Waals surface area contributed by atoms with E-state index in [1.807, 2.05) is 0 Å². The Bertz CT molecular complexity index is 336. The number of benzene rings is 1. The summed E-state index contributed by atoms with van der Waals surface area (Å²) in [5.74, 6) is 0.985. The molecule has 1 aromatic carbocycles. The highest BCUT2D eigenvalue weighted by molar-refractivity contribution is 5.37. The number of fused-ring (bicyclic) bond motifs is 1. The molecule has 1 heterocycles. The summed E-state index contributed by atoms with van der Waals surface area (Å²) in [6, 6.07) is 6.35. The summed E-state index contributed by atoms with van der Waals surface area (Å²) in [4.78, 5) is 2.12. The highest BCUT2D eigenvalue weighted by atomic mass is 16.5. The maximum atomic E-state index is 5.67. The van der Waals surface area contributed by atoms with E-state index in [1.165, 1.54) is 11.1 Å². The molecule has 15 heavy (non-hydrogen) atoms. The molecule has 0 amide bonds. The lowest BCUT2D eigenvalue weighted by atomic mass is 10.1. The van der Waals surface area contributed by atoms with Crippen LogP contribution < -0.4 is 10.1 Å². The first-order valence-electron chi connectivity index (χ1n) is 5.36. The molecule has 82 valence electrons. The van der Waals surface area contributed by atoms with Gasteiger partial charge in [0.2, 0.25) is 0 Å². The second kappa shape index (κ2) is 4.64. The lowest BCUT2D eigenvalue weighted by molar-refractivity contribution is 0.261. The van der Waals surface area contributed by atoms with E-state index in [-0.39, 0.29) is 0 Å². The zero-order valence-electron chi connectivity index (χ0n) is 9.42. The molecule has 0 atom stereocenters. The fourth-order valence-corrected chi connectivity index (χ4v) is 1.71. The normalized spacial score (nSPS) is 14.3. The number of nitrogens with one attached hydrogen (secondary N) is 1. The molecule has 0 saturated carbocycles. The molecule has 0 aliphatic carbocycles. The molecule has 3 nitrogen and oxygen atoms in total. The van der Waals surface area contributed by atoms with Crippen LogP contribution in [0.4, 0.5) is 0 Å². The predicted octanol–water partition coefficient (Wildman–Crippen LogP) is 1.23. The van der Waals surface area contributed by atoms with Gasteiger partial charge in [0, 0.05) is 19.6 Å². The molecule has 0 spiro atoms. The van der Waals surface area contributed by atoms with E-state index in [0.29, 0.717) is 0 Å². The first-order valence-corrected chi connectivity index (χ1v) is 5.36. The molecule has 0 bridgehead atoms. The Balaban J connectivity index is 1.92. The van der Waals surface area contributed by atoms with Gasteiger partial charge in [-0.15, -0.1) is 0 Å². The Morgan fingerprint density at radius 3 is 2.87 bits per heavy atom. The summed E-state index contributed by atoms with van der Waals surface area (Å²) in [5.41, 5.74) is 2.77. The number of ether oxygens (including phenoxy) is 1. The highest BCUT2D eigenvalue weighted by Gasteiger charge is 2.10. The van der Waals surface area contributed by atoms with Crippen LogP contribution in [0.25, 0.3) is 0 Å². The second-order valence-electron chi connectivity index (χ2n) is 4.19. The molecular formula is C12H18N2O. The van der Waals surface area contributed by atoms with E-state index in [4.69, 9.17) is 4.74 Å². The zero-order chi connectivity index (χ0) is 10.7.